The molecular weight excluding hydrogens is 376 g/mol. The highest BCUT2D eigenvalue weighted by Crippen LogP contribution is 2.34. The van der Waals surface area contributed by atoms with Gasteiger partial charge in [0, 0.05) is 12.8 Å². The van der Waals surface area contributed by atoms with Crippen molar-refractivity contribution in [1.82, 2.24) is 0 Å². The quantitative estimate of drug-likeness (QED) is 0.204. The van der Waals surface area contributed by atoms with Gasteiger partial charge >= 0.3 is 11.9 Å². The zero-order valence-electron chi connectivity index (χ0n) is 20.2. The fraction of sp³-hybridized carbons (Fsp3) is 0.692. The molecule has 0 spiro atoms. The van der Waals surface area contributed by atoms with Gasteiger partial charge in [-0.05, 0) is 47.8 Å². The summed E-state index contributed by atoms with van der Waals surface area (Å²) in [4.78, 5) is 24.7. The summed E-state index contributed by atoms with van der Waals surface area (Å²) in [5.41, 5.74) is 0.930. The van der Waals surface area contributed by atoms with E-state index in [-0.39, 0.29) is 17.4 Å². The molecule has 0 unspecified atom stereocenters. The number of benzene rings is 1. The number of unbranched alkanes of at least 4 members (excludes halogenated alkanes) is 2. The van der Waals surface area contributed by atoms with Crippen LogP contribution in [-0.2, 0) is 15.0 Å². The highest BCUT2D eigenvalue weighted by atomic mass is 16.6. The molecule has 0 aliphatic carbocycles. The largest absolute Gasteiger partial charge is 0.423 e. The summed E-state index contributed by atoms with van der Waals surface area (Å²) in [6.45, 7) is 15.0. The molecular formula is C26H42O4. The molecule has 0 aliphatic rings. The van der Waals surface area contributed by atoms with Gasteiger partial charge in [-0.3, -0.25) is 9.59 Å². The molecule has 0 bridgehead atoms. The Balaban J connectivity index is 2.77. The Morgan fingerprint density at radius 1 is 0.767 bits per heavy atom. The first kappa shape index (κ1) is 26.2. The lowest BCUT2D eigenvalue weighted by molar-refractivity contribution is -0.137. The molecule has 0 fully saturated rings. The molecule has 170 valence electrons. The fourth-order valence-corrected chi connectivity index (χ4v) is 3.13. The van der Waals surface area contributed by atoms with E-state index in [0.717, 1.165) is 44.1 Å². The lowest BCUT2D eigenvalue weighted by Crippen LogP contribution is -2.15. The van der Waals surface area contributed by atoms with Gasteiger partial charge in [0.25, 0.3) is 0 Å². The normalized spacial score (nSPS) is 11.8. The van der Waals surface area contributed by atoms with Crippen molar-refractivity contribution in [1.29, 1.82) is 0 Å². The lowest BCUT2D eigenvalue weighted by atomic mass is 9.87. The van der Waals surface area contributed by atoms with Gasteiger partial charge in [0.1, 0.15) is 0 Å². The summed E-state index contributed by atoms with van der Waals surface area (Å²) in [5, 5.41) is 0. The van der Waals surface area contributed by atoms with Gasteiger partial charge in [-0.1, -0.05) is 80.2 Å². The van der Waals surface area contributed by atoms with E-state index in [4.69, 9.17) is 9.47 Å². The number of esters is 2. The van der Waals surface area contributed by atoms with Crippen molar-refractivity contribution in [3.63, 3.8) is 0 Å². The molecule has 4 heteroatoms. The first-order chi connectivity index (χ1) is 14.0. The van der Waals surface area contributed by atoms with Gasteiger partial charge in [-0.15, -0.1) is 0 Å². The molecule has 4 nitrogen and oxygen atoms in total. The highest BCUT2D eigenvalue weighted by Gasteiger charge is 2.20. The van der Waals surface area contributed by atoms with Crippen molar-refractivity contribution >= 4 is 11.9 Å². The van der Waals surface area contributed by atoms with Crippen LogP contribution in [0, 0.1) is 11.8 Å². The standard InChI is InChI=1S/C26H42O4/c1-19(2)12-8-10-14-24(27)29-22-17-16-21(26(5,6)7)18-23(22)30-25(28)15-11-9-13-20(3)4/h16-20H,8-15H2,1-7H3. The molecule has 1 rings (SSSR count). The number of hydrogen-bond acceptors (Lipinski definition) is 4. The number of rotatable bonds is 12. The van der Waals surface area contributed by atoms with Crippen molar-refractivity contribution in [3.8, 4) is 11.5 Å². The summed E-state index contributed by atoms with van der Waals surface area (Å²) < 4.78 is 11.2. The minimum atomic E-state index is -0.281. The summed E-state index contributed by atoms with van der Waals surface area (Å²) in [7, 11) is 0. The minimum absolute atomic E-state index is 0.0994. The van der Waals surface area contributed by atoms with Gasteiger partial charge in [0.05, 0.1) is 0 Å². The Morgan fingerprint density at radius 2 is 1.23 bits per heavy atom. The third-order valence-electron chi connectivity index (χ3n) is 5.08. The van der Waals surface area contributed by atoms with Gasteiger partial charge < -0.3 is 9.47 Å². The van der Waals surface area contributed by atoms with Gasteiger partial charge in [-0.25, -0.2) is 0 Å². The van der Waals surface area contributed by atoms with E-state index >= 15 is 0 Å². The second kappa shape index (κ2) is 12.8. The maximum atomic E-state index is 12.4. The molecule has 1 aromatic rings. The van der Waals surface area contributed by atoms with E-state index in [1.807, 2.05) is 12.1 Å². The average Bonchev–Trinajstić information content (AvgIpc) is 2.62. The predicted octanol–water partition coefficient (Wildman–Crippen LogP) is 7.23. The second-order valence-electron chi connectivity index (χ2n) is 10.1. The molecule has 30 heavy (non-hydrogen) atoms. The molecule has 0 saturated heterocycles. The maximum absolute atomic E-state index is 12.4. The summed E-state index contributed by atoms with van der Waals surface area (Å²) in [6.07, 6.45) is 6.58. The van der Waals surface area contributed by atoms with Crippen molar-refractivity contribution in [2.45, 2.75) is 105 Å². The first-order valence-corrected chi connectivity index (χ1v) is 11.5. The number of carbonyl (C=O) groups excluding carboxylic acids is 2. The average molecular weight is 419 g/mol. The van der Waals surface area contributed by atoms with E-state index < -0.39 is 0 Å². The highest BCUT2D eigenvalue weighted by molar-refractivity contribution is 5.76. The zero-order valence-corrected chi connectivity index (χ0v) is 20.2. The molecule has 0 saturated carbocycles. The van der Waals surface area contributed by atoms with Crippen LogP contribution in [-0.4, -0.2) is 11.9 Å². The zero-order chi connectivity index (χ0) is 22.7. The minimum Gasteiger partial charge on any atom is -0.423 e. The van der Waals surface area contributed by atoms with Crippen LogP contribution in [0.25, 0.3) is 0 Å². The van der Waals surface area contributed by atoms with Crippen LogP contribution in [0.3, 0.4) is 0 Å². The van der Waals surface area contributed by atoms with Crippen molar-refractivity contribution < 1.29 is 19.1 Å². The van der Waals surface area contributed by atoms with E-state index in [0.29, 0.717) is 36.2 Å². The van der Waals surface area contributed by atoms with Gasteiger partial charge in [0.15, 0.2) is 11.5 Å². The molecule has 0 N–H and O–H groups in total. The Labute approximate surface area is 183 Å². The van der Waals surface area contributed by atoms with Crippen LogP contribution < -0.4 is 9.47 Å². The predicted molar refractivity (Wildman–Crippen MR) is 123 cm³/mol. The fourth-order valence-electron chi connectivity index (χ4n) is 3.13. The van der Waals surface area contributed by atoms with Crippen LogP contribution in [0.5, 0.6) is 11.5 Å². The van der Waals surface area contributed by atoms with E-state index in [2.05, 4.69) is 48.5 Å². The van der Waals surface area contributed by atoms with E-state index in [1.54, 1.807) is 6.07 Å². The molecule has 0 amide bonds. The molecule has 0 aliphatic heterocycles. The molecule has 1 aromatic carbocycles. The van der Waals surface area contributed by atoms with Crippen molar-refractivity contribution in [2.75, 3.05) is 0 Å². The Morgan fingerprint density at radius 3 is 1.67 bits per heavy atom. The maximum Gasteiger partial charge on any atom is 0.311 e. The first-order valence-electron chi connectivity index (χ1n) is 11.5. The van der Waals surface area contributed by atoms with Gasteiger partial charge in [0.2, 0.25) is 0 Å². The summed E-state index contributed by atoms with van der Waals surface area (Å²) in [6, 6.07) is 5.50. The summed E-state index contributed by atoms with van der Waals surface area (Å²) in [5.74, 6) is 1.38. The summed E-state index contributed by atoms with van der Waals surface area (Å²) >= 11 is 0. The molecule has 0 heterocycles. The lowest BCUT2D eigenvalue weighted by Gasteiger charge is -2.21. The second-order valence-corrected chi connectivity index (χ2v) is 10.1. The van der Waals surface area contributed by atoms with Crippen molar-refractivity contribution in [2.24, 2.45) is 11.8 Å². The van der Waals surface area contributed by atoms with Crippen molar-refractivity contribution in [3.05, 3.63) is 23.8 Å². The third kappa shape index (κ3) is 10.8. The van der Waals surface area contributed by atoms with E-state index in [9.17, 15) is 9.59 Å². The van der Waals surface area contributed by atoms with Crippen LogP contribution in [0.15, 0.2) is 18.2 Å². The van der Waals surface area contributed by atoms with E-state index in [1.165, 1.54) is 0 Å². The SMILES string of the molecule is CC(C)CCCCC(=O)Oc1ccc(C(C)(C)C)cc1OC(=O)CCCCC(C)C. The Kier molecular flexibility index (Phi) is 11.1. The number of carbonyl (C=O) groups is 2. The number of ether oxygens (including phenoxy) is 2. The molecule has 0 radical (unpaired) electrons. The van der Waals surface area contributed by atoms with Crippen LogP contribution in [0.2, 0.25) is 0 Å². The third-order valence-corrected chi connectivity index (χ3v) is 5.08. The Bertz CT molecular complexity index is 668. The molecule has 0 atom stereocenters. The van der Waals surface area contributed by atoms with Crippen LogP contribution in [0.4, 0.5) is 0 Å². The molecule has 0 aromatic heterocycles. The number of hydrogen-bond donors (Lipinski definition) is 0. The monoisotopic (exact) mass is 418 g/mol. The Hall–Kier alpha value is -1.84. The van der Waals surface area contributed by atoms with Gasteiger partial charge in [-0.2, -0.15) is 0 Å². The smallest absolute Gasteiger partial charge is 0.311 e. The van der Waals surface area contributed by atoms with Crippen LogP contribution in [0.1, 0.15) is 105 Å². The van der Waals surface area contributed by atoms with Crippen LogP contribution >= 0.6 is 0 Å². The topological polar surface area (TPSA) is 52.6 Å².